The molecule has 1 amide bonds. The van der Waals surface area contributed by atoms with Crippen molar-refractivity contribution < 1.29 is 4.79 Å². The van der Waals surface area contributed by atoms with E-state index in [1.807, 2.05) is 11.8 Å². The normalized spacial score (nSPS) is 16.6. The van der Waals surface area contributed by atoms with Crippen LogP contribution in [0.25, 0.3) is 0 Å². The maximum absolute atomic E-state index is 12.4. The third kappa shape index (κ3) is 3.02. The first-order valence-electron chi connectivity index (χ1n) is 6.65. The summed E-state index contributed by atoms with van der Waals surface area (Å²) < 4.78 is 0. The number of halogens is 1. The van der Waals surface area contributed by atoms with E-state index in [0.29, 0.717) is 16.8 Å². The SMILES string of the molecule is CCN(C(=O)c1ccc(Cl)nc1)C1CCCCC1. The van der Waals surface area contributed by atoms with Crippen LogP contribution in [0.3, 0.4) is 0 Å². The summed E-state index contributed by atoms with van der Waals surface area (Å²) in [5.41, 5.74) is 0.631. The molecular weight excluding hydrogens is 248 g/mol. The predicted octanol–water partition coefficient (Wildman–Crippen LogP) is 3.53. The highest BCUT2D eigenvalue weighted by atomic mass is 35.5. The number of hydrogen-bond acceptors (Lipinski definition) is 2. The van der Waals surface area contributed by atoms with Gasteiger partial charge in [-0.2, -0.15) is 0 Å². The topological polar surface area (TPSA) is 33.2 Å². The molecule has 0 radical (unpaired) electrons. The van der Waals surface area contributed by atoms with E-state index >= 15 is 0 Å². The zero-order chi connectivity index (χ0) is 13.0. The van der Waals surface area contributed by atoms with Crippen molar-refractivity contribution in [3.8, 4) is 0 Å². The number of hydrogen-bond donors (Lipinski definition) is 0. The largest absolute Gasteiger partial charge is 0.336 e. The van der Waals surface area contributed by atoms with Crippen molar-refractivity contribution in [2.45, 2.75) is 45.1 Å². The van der Waals surface area contributed by atoms with Crippen LogP contribution in [0.15, 0.2) is 18.3 Å². The molecule has 1 aromatic heterocycles. The van der Waals surface area contributed by atoms with Gasteiger partial charge in [0, 0.05) is 18.8 Å². The summed E-state index contributed by atoms with van der Waals surface area (Å²) >= 11 is 5.74. The summed E-state index contributed by atoms with van der Waals surface area (Å²) in [5, 5.41) is 0.423. The van der Waals surface area contributed by atoms with E-state index < -0.39 is 0 Å². The van der Waals surface area contributed by atoms with Gasteiger partial charge in [-0.05, 0) is 31.9 Å². The molecule has 1 saturated carbocycles. The Bertz CT molecular complexity index is 399. The van der Waals surface area contributed by atoms with Crippen LogP contribution < -0.4 is 0 Å². The van der Waals surface area contributed by atoms with E-state index in [2.05, 4.69) is 4.98 Å². The minimum Gasteiger partial charge on any atom is -0.336 e. The van der Waals surface area contributed by atoms with Crippen molar-refractivity contribution in [1.82, 2.24) is 9.88 Å². The lowest BCUT2D eigenvalue weighted by molar-refractivity contribution is 0.0647. The van der Waals surface area contributed by atoms with Crippen LogP contribution in [-0.2, 0) is 0 Å². The van der Waals surface area contributed by atoms with Crippen LogP contribution in [0.2, 0.25) is 5.15 Å². The fraction of sp³-hybridized carbons (Fsp3) is 0.571. The molecule has 0 unspecified atom stereocenters. The molecule has 18 heavy (non-hydrogen) atoms. The van der Waals surface area contributed by atoms with Gasteiger partial charge in [-0.3, -0.25) is 4.79 Å². The van der Waals surface area contributed by atoms with Crippen LogP contribution >= 0.6 is 11.6 Å². The van der Waals surface area contributed by atoms with Crippen molar-refractivity contribution in [3.05, 3.63) is 29.0 Å². The number of pyridine rings is 1. The van der Waals surface area contributed by atoms with Gasteiger partial charge in [-0.15, -0.1) is 0 Å². The zero-order valence-corrected chi connectivity index (χ0v) is 11.5. The molecule has 1 aliphatic carbocycles. The van der Waals surface area contributed by atoms with Crippen molar-refractivity contribution in [2.24, 2.45) is 0 Å². The Labute approximate surface area is 113 Å². The number of carbonyl (C=O) groups is 1. The minimum absolute atomic E-state index is 0.0774. The average molecular weight is 267 g/mol. The van der Waals surface area contributed by atoms with Gasteiger partial charge >= 0.3 is 0 Å². The number of carbonyl (C=O) groups excluding carboxylic acids is 1. The summed E-state index contributed by atoms with van der Waals surface area (Å²) in [7, 11) is 0. The quantitative estimate of drug-likeness (QED) is 0.784. The van der Waals surface area contributed by atoms with Gasteiger partial charge in [0.2, 0.25) is 0 Å². The molecule has 0 aromatic carbocycles. The molecule has 0 aliphatic heterocycles. The molecule has 1 fully saturated rings. The molecule has 0 N–H and O–H groups in total. The Morgan fingerprint density at radius 3 is 2.67 bits per heavy atom. The van der Waals surface area contributed by atoms with Crippen molar-refractivity contribution in [3.63, 3.8) is 0 Å². The maximum Gasteiger partial charge on any atom is 0.255 e. The monoisotopic (exact) mass is 266 g/mol. The smallest absolute Gasteiger partial charge is 0.255 e. The van der Waals surface area contributed by atoms with E-state index in [4.69, 9.17) is 11.6 Å². The number of rotatable bonds is 3. The summed E-state index contributed by atoms with van der Waals surface area (Å²) in [4.78, 5) is 18.4. The number of amides is 1. The molecular formula is C14H19ClN2O. The molecule has 1 aromatic rings. The molecule has 1 aliphatic rings. The molecule has 98 valence electrons. The van der Waals surface area contributed by atoms with Gasteiger partial charge in [0.05, 0.1) is 5.56 Å². The highest BCUT2D eigenvalue weighted by Gasteiger charge is 2.24. The van der Waals surface area contributed by atoms with Crippen LogP contribution in [-0.4, -0.2) is 28.4 Å². The van der Waals surface area contributed by atoms with E-state index in [9.17, 15) is 4.79 Å². The van der Waals surface area contributed by atoms with Crippen molar-refractivity contribution >= 4 is 17.5 Å². The second kappa shape index (κ2) is 6.19. The number of aromatic nitrogens is 1. The Balaban J connectivity index is 2.11. The second-order valence-corrected chi connectivity index (χ2v) is 5.14. The maximum atomic E-state index is 12.4. The standard InChI is InChI=1S/C14H19ClN2O/c1-2-17(12-6-4-3-5-7-12)14(18)11-8-9-13(15)16-10-11/h8-10,12H,2-7H2,1H3. The van der Waals surface area contributed by atoms with E-state index in [1.165, 1.54) is 19.3 Å². The third-order valence-electron chi connectivity index (χ3n) is 3.59. The van der Waals surface area contributed by atoms with Gasteiger partial charge in [0.1, 0.15) is 5.15 Å². The Morgan fingerprint density at radius 1 is 1.39 bits per heavy atom. The molecule has 0 bridgehead atoms. The lowest BCUT2D eigenvalue weighted by Crippen LogP contribution is -2.41. The third-order valence-corrected chi connectivity index (χ3v) is 3.81. The van der Waals surface area contributed by atoms with E-state index in [-0.39, 0.29) is 5.91 Å². The Morgan fingerprint density at radius 2 is 2.11 bits per heavy atom. The molecule has 2 rings (SSSR count). The summed E-state index contributed by atoms with van der Waals surface area (Å²) in [5.74, 6) is 0.0774. The lowest BCUT2D eigenvalue weighted by Gasteiger charge is -2.33. The molecule has 0 atom stereocenters. The Hall–Kier alpha value is -1.09. The molecule has 0 spiro atoms. The first-order chi connectivity index (χ1) is 8.72. The van der Waals surface area contributed by atoms with Crippen molar-refractivity contribution in [2.75, 3.05) is 6.54 Å². The van der Waals surface area contributed by atoms with Crippen LogP contribution in [0, 0.1) is 0 Å². The van der Waals surface area contributed by atoms with Gasteiger partial charge in [0.25, 0.3) is 5.91 Å². The van der Waals surface area contributed by atoms with Crippen LogP contribution in [0.1, 0.15) is 49.4 Å². The predicted molar refractivity (Wildman–Crippen MR) is 72.8 cm³/mol. The van der Waals surface area contributed by atoms with E-state index in [1.54, 1.807) is 18.3 Å². The van der Waals surface area contributed by atoms with Gasteiger partial charge in [-0.25, -0.2) is 4.98 Å². The highest BCUT2D eigenvalue weighted by molar-refractivity contribution is 6.29. The van der Waals surface area contributed by atoms with Crippen LogP contribution in [0.4, 0.5) is 0 Å². The van der Waals surface area contributed by atoms with Gasteiger partial charge < -0.3 is 4.90 Å². The molecule has 3 nitrogen and oxygen atoms in total. The molecule has 0 saturated heterocycles. The van der Waals surface area contributed by atoms with Crippen molar-refractivity contribution in [1.29, 1.82) is 0 Å². The highest BCUT2D eigenvalue weighted by Crippen LogP contribution is 2.23. The van der Waals surface area contributed by atoms with Crippen LogP contribution in [0.5, 0.6) is 0 Å². The molecule has 1 heterocycles. The minimum atomic E-state index is 0.0774. The summed E-state index contributed by atoms with van der Waals surface area (Å²) in [6.45, 7) is 2.79. The van der Waals surface area contributed by atoms with Gasteiger partial charge in [-0.1, -0.05) is 30.9 Å². The Kier molecular flexibility index (Phi) is 4.59. The fourth-order valence-corrected chi connectivity index (χ4v) is 2.74. The summed E-state index contributed by atoms with van der Waals surface area (Å²) in [6, 6.07) is 3.82. The zero-order valence-electron chi connectivity index (χ0n) is 10.7. The molecule has 4 heteroatoms. The summed E-state index contributed by atoms with van der Waals surface area (Å²) in [6.07, 6.45) is 7.57. The van der Waals surface area contributed by atoms with E-state index in [0.717, 1.165) is 19.4 Å². The first-order valence-corrected chi connectivity index (χ1v) is 7.02. The first kappa shape index (κ1) is 13.3. The number of nitrogens with zero attached hydrogens (tertiary/aromatic N) is 2. The van der Waals surface area contributed by atoms with Gasteiger partial charge in [0.15, 0.2) is 0 Å². The lowest BCUT2D eigenvalue weighted by atomic mass is 9.94. The second-order valence-electron chi connectivity index (χ2n) is 4.75. The average Bonchev–Trinajstić information content (AvgIpc) is 2.41. The fourth-order valence-electron chi connectivity index (χ4n) is 2.63.